The Morgan fingerprint density at radius 2 is 1.93 bits per heavy atom. The molecule has 0 aliphatic carbocycles. The Kier molecular flexibility index (Phi) is 4.70. The third kappa shape index (κ3) is 3.22. The number of fused-ring (bicyclic) bond motifs is 1. The topological polar surface area (TPSA) is 95.5 Å². The molecular weight excluding hydrogens is 346 g/mol. The maximum atomic E-state index is 13.2. The molecule has 0 bridgehead atoms. The summed E-state index contributed by atoms with van der Waals surface area (Å²) < 4.78 is 5.66. The molecule has 0 saturated carbocycles. The smallest absolute Gasteiger partial charge is 0.280 e. The Bertz CT molecular complexity index is 1020. The van der Waals surface area contributed by atoms with E-state index >= 15 is 0 Å². The first-order chi connectivity index (χ1) is 13.2. The third-order valence-corrected chi connectivity index (χ3v) is 4.74. The van der Waals surface area contributed by atoms with E-state index in [0.29, 0.717) is 17.6 Å². The standard InChI is InChI=1S/C20H19N3O4/c24-12-16-18(13-6-2-1-3-7-13)23(10-11-27-16)20(26)17-19(25)22-15-9-5-4-8-14(15)21-17/h1-9,16,18,24H,10-12H2,(H,22,25)/t16-,18-/m1/s1. The second kappa shape index (κ2) is 7.30. The average Bonchev–Trinajstić information content (AvgIpc) is 2.72. The number of aromatic nitrogens is 2. The molecule has 2 aromatic carbocycles. The van der Waals surface area contributed by atoms with Gasteiger partial charge >= 0.3 is 0 Å². The minimum atomic E-state index is -0.565. The highest BCUT2D eigenvalue weighted by Gasteiger charge is 2.37. The minimum absolute atomic E-state index is 0.159. The summed E-state index contributed by atoms with van der Waals surface area (Å²) in [6.45, 7) is 0.361. The predicted molar refractivity (Wildman–Crippen MR) is 99.4 cm³/mol. The maximum Gasteiger partial charge on any atom is 0.280 e. The predicted octanol–water partition coefficient (Wildman–Crippen LogP) is 1.50. The lowest BCUT2D eigenvalue weighted by molar-refractivity contribution is -0.0813. The van der Waals surface area contributed by atoms with Crippen LogP contribution in [0.3, 0.4) is 0 Å². The number of rotatable bonds is 3. The van der Waals surface area contributed by atoms with E-state index in [4.69, 9.17) is 4.74 Å². The van der Waals surface area contributed by atoms with Crippen molar-refractivity contribution in [3.63, 3.8) is 0 Å². The number of H-pyrrole nitrogens is 1. The van der Waals surface area contributed by atoms with Crippen molar-refractivity contribution in [3.05, 3.63) is 76.2 Å². The molecule has 1 amide bonds. The largest absolute Gasteiger partial charge is 0.394 e. The second-order valence-electron chi connectivity index (χ2n) is 6.38. The highest BCUT2D eigenvalue weighted by Crippen LogP contribution is 2.30. The number of nitrogens with one attached hydrogen (secondary N) is 1. The lowest BCUT2D eigenvalue weighted by Gasteiger charge is -2.40. The van der Waals surface area contributed by atoms with Gasteiger partial charge < -0.3 is 19.7 Å². The van der Waals surface area contributed by atoms with Crippen molar-refractivity contribution < 1.29 is 14.6 Å². The van der Waals surface area contributed by atoms with Crippen LogP contribution in [0.5, 0.6) is 0 Å². The number of aromatic amines is 1. The summed E-state index contributed by atoms with van der Waals surface area (Å²) in [6.07, 6.45) is -0.565. The molecule has 0 unspecified atom stereocenters. The molecule has 1 fully saturated rings. The molecule has 27 heavy (non-hydrogen) atoms. The molecule has 2 N–H and O–H groups in total. The summed E-state index contributed by atoms with van der Waals surface area (Å²) in [5.74, 6) is -0.474. The van der Waals surface area contributed by atoms with Crippen LogP contribution in [0.25, 0.3) is 11.0 Å². The molecule has 138 valence electrons. The van der Waals surface area contributed by atoms with E-state index in [2.05, 4.69) is 9.97 Å². The summed E-state index contributed by atoms with van der Waals surface area (Å²) in [7, 11) is 0. The van der Waals surface area contributed by atoms with Gasteiger partial charge in [-0.2, -0.15) is 0 Å². The van der Waals surface area contributed by atoms with E-state index in [1.54, 1.807) is 29.2 Å². The highest BCUT2D eigenvalue weighted by atomic mass is 16.5. The summed E-state index contributed by atoms with van der Waals surface area (Å²) in [5, 5.41) is 9.74. The number of benzene rings is 2. The van der Waals surface area contributed by atoms with Crippen molar-refractivity contribution in [1.29, 1.82) is 0 Å². The Labute approximate surface area is 155 Å². The first-order valence-electron chi connectivity index (χ1n) is 8.76. The van der Waals surface area contributed by atoms with Crippen molar-refractivity contribution in [3.8, 4) is 0 Å². The number of para-hydroxylation sites is 2. The van der Waals surface area contributed by atoms with Crippen molar-refractivity contribution in [1.82, 2.24) is 14.9 Å². The molecule has 1 saturated heterocycles. The van der Waals surface area contributed by atoms with Gasteiger partial charge in [0.15, 0.2) is 5.69 Å². The number of carbonyl (C=O) groups is 1. The number of amides is 1. The van der Waals surface area contributed by atoms with Gasteiger partial charge in [0.2, 0.25) is 0 Å². The van der Waals surface area contributed by atoms with E-state index in [0.717, 1.165) is 5.56 Å². The number of morpholine rings is 1. The average molecular weight is 365 g/mol. The first kappa shape index (κ1) is 17.4. The number of aliphatic hydroxyl groups is 1. The number of carbonyl (C=O) groups excluding carboxylic acids is 1. The van der Waals surface area contributed by atoms with Gasteiger partial charge in [0, 0.05) is 6.54 Å². The molecule has 7 heteroatoms. The van der Waals surface area contributed by atoms with Gasteiger partial charge in [-0.05, 0) is 17.7 Å². The second-order valence-corrected chi connectivity index (χ2v) is 6.38. The lowest BCUT2D eigenvalue weighted by Crippen LogP contribution is -2.50. The van der Waals surface area contributed by atoms with Gasteiger partial charge in [0.1, 0.15) is 6.10 Å². The van der Waals surface area contributed by atoms with Gasteiger partial charge in [-0.15, -0.1) is 0 Å². The summed E-state index contributed by atoms with van der Waals surface area (Å²) in [5.41, 5.74) is 1.27. The number of hydrogen-bond donors (Lipinski definition) is 2. The van der Waals surface area contributed by atoms with E-state index in [1.807, 2.05) is 30.3 Å². The van der Waals surface area contributed by atoms with Crippen LogP contribution in [0, 0.1) is 0 Å². The van der Waals surface area contributed by atoms with Gasteiger partial charge in [0.25, 0.3) is 11.5 Å². The fourth-order valence-corrected chi connectivity index (χ4v) is 3.47. The molecule has 4 rings (SSSR count). The lowest BCUT2D eigenvalue weighted by atomic mass is 9.98. The van der Waals surface area contributed by atoms with Gasteiger partial charge in [-0.25, -0.2) is 4.98 Å². The molecule has 0 spiro atoms. The van der Waals surface area contributed by atoms with Crippen LogP contribution < -0.4 is 5.56 Å². The molecular formula is C20H19N3O4. The van der Waals surface area contributed by atoms with Crippen molar-refractivity contribution in [2.45, 2.75) is 12.1 Å². The fourth-order valence-electron chi connectivity index (χ4n) is 3.47. The molecule has 2 atom stereocenters. The molecule has 1 aliphatic rings. The Morgan fingerprint density at radius 1 is 1.19 bits per heavy atom. The maximum absolute atomic E-state index is 13.2. The number of hydrogen-bond acceptors (Lipinski definition) is 5. The van der Waals surface area contributed by atoms with Crippen LogP contribution >= 0.6 is 0 Å². The fraction of sp³-hybridized carbons (Fsp3) is 0.250. The molecule has 2 heterocycles. The van der Waals surface area contributed by atoms with E-state index < -0.39 is 23.6 Å². The minimum Gasteiger partial charge on any atom is -0.394 e. The molecule has 3 aromatic rings. The van der Waals surface area contributed by atoms with Crippen LogP contribution in [-0.2, 0) is 4.74 Å². The van der Waals surface area contributed by atoms with Crippen molar-refractivity contribution in [2.75, 3.05) is 19.8 Å². The Balaban J connectivity index is 1.77. The van der Waals surface area contributed by atoms with Crippen LogP contribution in [-0.4, -0.2) is 51.7 Å². The van der Waals surface area contributed by atoms with Gasteiger partial charge in [-0.1, -0.05) is 42.5 Å². The Hall–Kier alpha value is -3.03. The molecule has 7 nitrogen and oxygen atoms in total. The molecule has 1 aliphatic heterocycles. The zero-order chi connectivity index (χ0) is 18.8. The van der Waals surface area contributed by atoms with E-state index in [9.17, 15) is 14.7 Å². The summed E-state index contributed by atoms with van der Waals surface area (Å²) in [4.78, 5) is 34.2. The number of aliphatic hydroxyl groups excluding tert-OH is 1. The number of nitrogens with zero attached hydrogens (tertiary/aromatic N) is 2. The quantitative estimate of drug-likeness (QED) is 0.733. The van der Waals surface area contributed by atoms with Crippen molar-refractivity contribution >= 4 is 16.9 Å². The SMILES string of the molecule is O=C(c1nc2ccccc2[nH]c1=O)N1CCO[C@H](CO)[C@H]1c1ccccc1. The van der Waals surface area contributed by atoms with E-state index in [1.165, 1.54) is 0 Å². The third-order valence-electron chi connectivity index (χ3n) is 4.74. The van der Waals surface area contributed by atoms with Crippen molar-refractivity contribution in [2.24, 2.45) is 0 Å². The normalized spacial score (nSPS) is 20.0. The molecule has 1 aromatic heterocycles. The zero-order valence-electron chi connectivity index (χ0n) is 14.5. The zero-order valence-corrected chi connectivity index (χ0v) is 14.5. The van der Waals surface area contributed by atoms with Crippen LogP contribution in [0.15, 0.2) is 59.4 Å². The van der Waals surface area contributed by atoms with Gasteiger partial charge in [-0.3, -0.25) is 9.59 Å². The Morgan fingerprint density at radius 3 is 2.70 bits per heavy atom. The first-order valence-corrected chi connectivity index (χ1v) is 8.76. The van der Waals surface area contributed by atoms with Crippen LogP contribution in [0.2, 0.25) is 0 Å². The molecule has 0 radical (unpaired) electrons. The van der Waals surface area contributed by atoms with Crippen LogP contribution in [0.1, 0.15) is 22.1 Å². The summed E-state index contributed by atoms with van der Waals surface area (Å²) >= 11 is 0. The number of ether oxygens (including phenoxy) is 1. The van der Waals surface area contributed by atoms with Crippen LogP contribution in [0.4, 0.5) is 0 Å². The highest BCUT2D eigenvalue weighted by molar-refractivity contribution is 5.94. The van der Waals surface area contributed by atoms with Gasteiger partial charge in [0.05, 0.1) is 30.3 Å². The summed E-state index contributed by atoms with van der Waals surface area (Å²) in [6, 6.07) is 15.9. The monoisotopic (exact) mass is 365 g/mol. The van der Waals surface area contributed by atoms with E-state index in [-0.39, 0.29) is 18.9 Å².